The van der Waals surface area contributed by atoms with Crippen molar-refractivity contribution in [3.8, 4) is 16.9 Å². The zero-order chi connectivity index (χ0) is 13.1. The Hall–Kier alpha value is -2.30. The number of hydrogen-bond donors (Lipinski definition) is 2. The average Bonchev–Trinajstić information content (AvgIpc) is 2.40. The smallest absolute Gasteiger partial charge is 0.272 e. The summed E-state index contributed by atoms with van der Waals surface area (Å²) >= 11 is 0. The fourth-order valence-electron chi connectivity index (χ4n) is 1.81. The highest BCUT2D eigenvalue weighted by atomic mass is 16.5. The number of ether oxygens (including phenoxy) is 1. The molecule has 5 heteroatoms. The molecule has 0 unspecified atom stereocenters. The molecule has 0 spiro atoms. The van der Waals surface area contributed by atoms with E-state index in [2.05, 4.69) is 17.1 Å². The molecular weight excluding hydrogens is 230 g/mol. The van der Waals surface area contributed by atoms with Crippen molar-refractivity contribution >= 4 is 5.82 Å². The minimum Gasteiger partial charge on any atom is -0.496 e. The molecule has 0 radical (unpaired) electrons. The zero-order valence-corrected chi connectivity index (χ0v) is 10.4. The lowest BCUT2D eigenvalue weighted by molar-refractivity contribution is 0.416. The largest absolute Gasteiger partial charge is 0.496 e. The first kappa shape index (κ1) is 12.2. The van der Waals surface area contributed by atoms with Crippen molar-refractivity contribution in [1.29, 1.82) is 0 Å². The van der Waals surface area contributed by atoms with Gasteiger partial charge < -0.3 is 10.5 Å². The number of aromatic nitrogens is 2. The Morgan fingerprint density at radius 3 is 2.78 bits per heavy atom. The van der Waals surface area contributed by atoms with E-state index in [0.29, 0.717) is 11.3 Å². The molecule has 0 saturated carbocycles. The molecule has 2 rings (SSSR count). The van der Waals surface area contributed by atoms with Crippen LogP contribution in [-0.2, 0) is 6.42 Å². The molecule has 3 N–H and O–H groups in total. The van der Waals surface area contributed by atoms with Crippen molar-refractivity contribution in [3.05, 3.63) is 40.2 Å². The maximum Gasteiger partial charge on any atom is 0.272 e. The van der Waals surface area contributed by atoms with Crippen LogP contribution < -0.4 is 16.0 Å². The Morgan fingerprint density at radius 2 is 2.11 bits per heavy atom. The lowest BCUT2D eigenvalue weighted by atomic mass is 10.0. The molecule has 0 aliphatic rings. The molecule has 2 aromatic rings. The summed E-state index contributed by atoms with van der Waals surface area (Å²) in [5.74, 6) is 0.914. The number of hydrogen-bond acceptors (Lipinski definition) is 4. The molecule has 1 heterocycles. The van der Waals surface area contributed by atoms with Crippen LogP contribution in [0.4, 0.5) is 5.82 Å². The van der Waals surface area contributed by atoms with Crippen LogP contribution in [0.5, 0.6) is 5.75 Å². The number of aromatic amines is 1. The number of nitrogens with two attached hydrogens (primary N) is 1. The summed E-state index contributed by atoms with van der Waals surface area (Å²) in [5.41, 5.74) is 7.64. The second-order valence-electron chi connectivity index (χ2n) is 3.92. The van der Waals surface area contributed by atoms with E-state index in [-0.39, 0.29) is 11.4 Å². The lowest BCUT2D eigenvalue weighted by Crippen LogP contribution is -2.12. The molecule has 0 fully saturated rings. The SMILES string of the molecule is CCc1ccc(OC)c(-c2cc(N)n[nH]c2=O)c1. The Balaban J connectivity index is 2.68. The zero-order valence-electron chi connectivity index (χ0n) is 10.4. The summed E-state index contributed by atoms with van der Waals surface area (Å²) < 4.78 is 5.28. The number of benzene rings is 1. The topological polar surface area (TPSA) is 81.0 Å². The van der Waals surface area contributed by atoms with Crippen LogP contribution >= 0.6 is 0 Å². The molecule has 0 aliphatic heterocycles. The van der Waals surface area contributed by atoms with E-state index in [4.69, 9.17) is 10.5 Å². The van der Waals surface area contributed by atoms with Gasteiger partial charge in [0.25, 0.3) is 5.56 Å². The normalized spacial score (nSPS) is 10.3. The van der Waals surface area contributed by atoms with Gasteiger partial charge in [0.15, 0.2) is 0 Å². The first-order valence-corrected chi connectivity index (χ1v) is 5.68. The van der Waals surface area contributed by atoms with Gasteiger partial charge in [-0.2, -0.15) is 5.10 Å². The number of H-pyrrole nitrogens is 1. The fraction of sp³-hybridized carbons (Fsp3) is 0.231. The average molecular weight is 245 g/mol. The van der Waals surface area contributed by atoms with Gasteiger partial charge in [0, 0.05) is 5.56 Å². The summed E-state index contributed by atoms with van der Waals surface area (Å²) in [6, 6.07) is 7.31. The maximum absolute atomic E-state index is 11.8. The molecule has 1 aromatic heterocycles. The van der Waals surface area contributed by atoms with Gasteiger partial charge in [-0.25, -0.2) is 5.10 Å². The van der Waals surface area contributed by atoms with E-state index in [0.717, 1.165) is 17.5 Å². The van der Waals surface area contributed by atoms with Gasteiger partial charge in [-0.1, -0.05) is 13.0 Å². The number of anilines is 1. The van der Waals surface area contributed by atoms with E-state index in [1.807, 2.05) is 18.2 Å². The minimum atomic E-state index is -0.282. The Morgan fingerprint density at radius 1 is 1.33 bits per heavy atom. The van der Waals surface area contributed by atoms with Crippen LogP contribution in [0.1, 0.15) is 12.5 Å². The van der Waals surface area contributed by atoms with Crippen LogP contribution in [0.25, 0.3) is 11.1 Å². The highest BCUT2D eigenvalue weighted by Gasteiger charge is 2.11. The number of methoxy groups -OCH3 is 1. The van der Waals surface area contributed by atoms with Gasteiger partial charge in [-0.3, -0.25) is 4.79 Å². The Labute approximate surface area is 105 Å². The maximum atomic E-state index is 11.8. The third-order valence-electron chi connectivity index (χ3n) is 2.79. The number of nitrogen functional groups attached to an aromatic ring is 1. The molecule has 0 bridgehead atoms. The van der Waals surface area contributed by atoms with Gasteiger partial charge in [-0.15, -0.1) is 0 Å². The summed E-state index contributed by atoms with van der Waals surface area (Å²) in [7, 11) is 1.57. The van der Waals surface area contributed by atoms with Gasteiger partial charge >= 0.3 is 0 Å². The second-order valence-corrected chi connectivity index (χ2v) is 3.92. The van der Waals surface area contributed by atoms with Crippen molar-refractivity contribution in [2.24, 2.45) is 0 Å². The molecule has 94 valence electrons. The minimum absolute atomic E-state index is 0.272. The Bertz CT molecular complexity index is 620. The third-order valence-corrected chi connectivity index (χ3v) is 2.79. The molecule has 0 amide bonds. The molecule has 5 nitrogen and oxygen atoms in total. The second kappa shape index (κ2) is 4.91. The molecule has 1 aromatic carbocycles. The summed E-state index contributed by atoms with van der Waals surface area (Å²) in [6.07, 6.45) is 0.884. The van der Waals surface area contributed by atoms with Gasteiger partial charge in [0.1, 0.15) is 11.6 Å². The standard InChI is InChI=1S/C13H15N3O2/c1-3-8-4-5-11(18-2)9(6-8)10-7-12(14)15-16-13(10)17/h4-7H,3H2,1-2H3,(H2,14,15)(H,16,17). The third kappa shape index (κ3) is 2.20. The molecule has 0 atom stereocenters. The van der Waals surface area contributed by atoms with Crippen molar-refractivity contribution < 1.29 is 4.74 Å². The van der Waals surface area contributed by atoms with Gasteiger partial charge in [0.2, 0.25) is 0 Å². The van der Waals surface area contributed by atoms with E-state index < -0.39 is 0 Å². The first-order chi connectivity index (χ1) is 8.65. The van der Waals surface area contributed by atoms with E-state index >= 15 is 0 Å². The van der Waals surface area contributed by atoms with Crippen LogP contribution in [0.3, 0.4) is 0 Å². The predicted molar refractivity (Wildman–Crippen MR) is 70.6 cm³/mol. The van der Waals surface area contributed by atoms with Crippen molar-refractivity contribution in [2.45, 2.75) is 13.3 Å². The van der Waals surface area contributed by atoms with E-state index in [1.54, 1.807) is 13.2 Å². The predicted octanol–water partition coefficient (Wildman–Crippen LogP) is 1.59. The molecule has 0 aliphatic carbocycles. The summed E-state index contributed by atoms with van der Waals surface area (Å²) in [5, 5.41) is 6.03. The number of nitrogens with zero attached hydrogens (tertiary/aromatic N) is 1. The highest BCUT2D eigenvalue weighted by Crippen LogP contribution is 2.29. The number of aryl methyl sites for hydroxylation is 1. The number of nitrogens with one attached hydrogen (secondary N) is 1. The van der Waals surface area contributed by atoms with Crippen LogP contribution in [0.15, 0.2) is 29.1 Å². The Kier molecular flexibility index (Phi) is 3.32. The van der Waals surface area contributed by atoms with Crippen molar-refractivity contribution in [1.82, 2.24) is 10.2 Å². The van der Waals surface area contributed by atoms with Gasteiger partial charge in [0.05, 0.1) is 12.7 Å². The van der Waals surface area contributed by atoms with Crippen LogP contribution in [0.2, 0.25) is 0 Å². The van der Waals surface area contributed by atoms with Gasteiger partial charge in [-0.05, 0) is 30.2 Å². The van der Waals surface area contributed by atoms with Crippen molar-refractivity contribution in [3.63, 3.8) is 0 Å². The van der Waals surface area contributed by atoms with Crippen LogP contribution in [0, 0.1) is 0 Å². The van der Waals surface area contributed by atoms with Crippen LogP contribution in [-0.4, -0.2) is 17.3 Å². The molecular formula is C13H15N3O2. The first-order valence-electron chi connectivity index (χ1n) is 5.68. The summed E-state index contributed by atoms with van der Waals surface area (Å²) in [6.45, 7) is 2.05. The van der Waals surface area contributed by atoms with E-state index in [9.17, 15) is 4.79 Å². The monoisotopic (exact) mass is 245 g/mol. The lowest BCUT2D eigenvalue weighted by Gasteiger charge is -2.09. The quantitative estimate of drug-likeness (QED) is 0.860. The highest BCUT2D eigenvalue weighted by molar-refractivity contribution is 5.71. The molecule has 18 heavy (non-hydrogen) atoms. The molecule has 0 saturated heterocycles. The van der Waals surface area contributed by atoms with Crippen molar-refractivity contribution in [2.75, 3.05) is 12.8 Å². The summed E-state index contributed by atoms with van der Waals surface area (Å²) in [4.78, 5) is 11.8. The fourth-order valence-corrected chi connectivity index (χ4v) is 1.81. The van der Waals surface area contributed by atoms with E-state index in [1.165, 1.54) is 0 Å². The number of rotatable bonds is 3.